The Kier molecular flexibility index (Phi) is 6.80. The van der Waals surface area contributed by atoms with Crippen LogP contribution in [-0.4, -0.2) is 31.3 Å². The molecule has 0 fully saturated rings. The van der Waals surface area contributed by atoms with E-state index in [9.17, 15) is 27.2 Å². The molecule has 9 heteroatoms. The van der Waals surface area contributed by atoms with Crippen LogP contribution in [0.5, 0.6) is 0 Å². The molecule has 0 heterocycles. The summed E-state index contributed by atoms with van der Waals surface area (Å²) in [5, 5.41) is 4.65. The highest BCUT2D eigenvalue weighted by atomic mass is 19.4. The van der Waals surface area contributed by atoms with Gasteiger partial charge in [-0.2, -0.15) is 13.2 Å². The molecule has 0 aromatic heterocycles. The van der Waals surface area contributed by atoms with E-state index in [0.29, 0.717) is 5.56 Å². The fraction of sp³-hybridized carbons (Fsp3) is 0.429. The molecule has 128 valence electrons. The van der Waals surface area contributed by atoms with Gasteiger partial charge in [0.2, 0.25) is 5.91 Å². The molecule has 0 saturated carbocycles. The number of rotatable bonds is 6. The molecule has 0 aliphatic carbocycles. The Hall–Kier alpha value is -2.32. The monoisotopic (exact) mass is 336 g/mol. The van der Waals surface area contributed by atoms with E-state index in [-0.39, 0.29) is 19.0 Å². The smallest absolute Gasteiger partial charge is 0.422 e. The van der Waals surface area contributed by atoms with E-state index in [1.54, 1.807) is 6.92 Å². The zero-order valence-electron chi connectivity index (χ0n) is 12.2. The van der Waals surface area contributed by atoms with Gasteiger partial charge in [-0.15, -0.1) is 0 Å². The molecular weight excluding hydrogens is 320 g/mol. The number of carbonyl (C=O) groups excluding carboxylic acids is 2. The summed E-state index contributed by atoms with van der Waals surface area (Å²) in [4.78, 5) is 22.6. The minimum atomic E-state index is -4.60. The quantitative estimate of drug-likeness (QED) is 0.785. The van der Waals surface area contributed by atoms with Crippen LogP contribution >= 0.6 is 0 Å². The molecule has 1 rings (SSSR count). The van der Waals surface area contributed by atoms with Crippen LogP contribution < -0.4 is 10.6 Å². The summed E-state index contributed by atoms with van der Waals surface area (Å²) in [5.41, 5.74) is 0.692. The summed E-state index contributed by atoms with van der Waals surface area (Å²) in [6.07, 6.45) is -5.98. The predicted molar refractivity (Wildman–Crippen MR) is 73.0 cm³/mol. The van der Waals surface area contributed by atoms with Crippen molar-refractivity contribution in [3.63, 3.8) is 0 Å². The molecule has 23 heavy (non-hydrogen) atoms. The van der Waals surface area contributed by atoms with Gasteiger partial charge in [-0.1, -0.05) is 12.1 Å². The number of benzene rings is 1. The fourth-order valence-corrected chi connectivity index (χ4v) is 1.62. The van der Waals surface area contributed by atoms with Crippen molar-refractivity contribution < 1.29 is 31.9 Å². The Balaban J connectivity index is 2.26. The minimum Gasteiger partial charge on any atom is -0.440 e. The van der Waals surface area contributed by atoms with Gasteiger partial charge in [0.15, 0.2) is 6.61 Å². The van der Waals surface area contributed by atoms with Crippen LogP contribution in [-0.2, 0) is 9.53 Å². The summed E-state index contributed by atoms with van der Waals surface area (Å²) in [6, 6.07) is 5.19. The van der Waals surface area contributed by atoms with Crippen molar-refractivity contribution in [1.82, 2.24) is 10.6 Å². The molecule has 0 bridgehead atoms. The number of hydrogen-bond acceptors (Lipinski definition) is 3. The molecule has 1 aromatic rings. The molecule has 5 nitrogen and oxygen atoms in total. The Morgan fingerprint density at radius 1 is 1.22 bits per heavy atom. The Morgan fingerprint density at radius 3 is 2.39 bits per heavy atom. The van der Waals surface area contributed by atoms with Crippen LogP contribution in [0.25, 0.3) is 0 Å². The highest BCUT2D eigenvalue weighted by Gasteiger charge is 2.29. The molecule has 1 aromatic carbocycles. The zero-order chi connectivity index (χ0) is 17.5. The van der Waals surface area contributed by atoms with Gasteiger partial charge in [-0.25, -0.2) is 9.18 Å². The first-order valence-electron chi connectivity index (χ1n) is 6.69. The van der Waals surface area contributed by atoms with Crippen molar-refractivity contribution >= 4 is 12.0 Å². The lowest BCUT2D eigenvalue weighted by Crippen LogP contribution is -2.33. The molecule has 0 spiro atoms. The zero-order valence-corrected chi connectivity index (χ0v) is 12.2. The highest BCUT2D eigenvalue weighted by Crippen LogP contribution is 2.14. The third kappa shape index (κ3) is 8.03. The minimum absolute atomic E-state index is 0.132. The van der Waals surface area contributed by atoms with Crippen LogP contribution in [0.2, 0.25) is 0 Å². The number of halogens is 4. The van der Waals surface area contributed by atoms with E-state index in [2.05, 4.69) is 10.1 Å². The molecule has 0 radical (unpaired) electrons. The van der Waals surface area contributed by atoms with Crippen molar-refractivity contribution in [2.45, 2.75) is 25.6 Å². The van der Waals surface area contributed by atoms with Gasteiger partial charge in [0.1, 0.15) is 5.82 Å². The second-order valence-electron chi connectivity index (χ2n) is 4.71. The van der Waals surface area contributed by atoms with Crippen molar-refractivity contribution in [2.75, 3.05) is 13.2 Å². The number of alkyl halides is 3. The Morgan fingerprint density at radius 2 is 1.83 bits per heavy atom. The largest absolute Gasteiger partial charge is 0.440 e. The molecule has 1 atom stereocenters. The van der Waals surface area contributed by atoms with Crippen molar-refractivity contribution in [2.24, 2.45) is 0 Å². The predicted octanol–water partition coefficient (Wildman–Crippen LogP) is 2.68. The maximum absolute atomic E-state index is 12.8. The van der Waals surface area contributed by atoms with Crippen LogP contribution in [0.1, 0.15) is 24.9 Å². The van der Waals surface area contributed by atoms with E-state index in [4.69, 9.17) is 0 Å². The first kappa shape index (κ1) is 18.7. The first-order chi connectivity index (χ1) is 10.7. The molecular formula is C14H16F4N2O3. The maximum Gasteiger partial charge on any atom is 0.422 e. The Labute approximate surface area is 130 Å². The van der Waals surface area contributed by atoms with E-state index < -0.39 is 30.6 Å². The summed E-state index contributed by atoms with van der Waals surface area (Å²) in [7, 11) is 0. The van der Waals surface area contributed by atoms with Gasteiger partial charge >= 0.3 is 12.3 Å². The van der Waals surface area contributed by atoms with Gasteiger partial charge in [0.05, 0.1) is 6.04 Å². The van der Waals surface area contributed by atoms with Crippen molar-refractivity contribution in [3.05, 3.63) is 35.6 Å². The lowest BCUT2D eigenvalue weighted by molar-refractivity contribution is -0.160. The Bertz CT molecular complexity index is 532. The third-order valence-electron chi connectivity index (χ3n) is 2.74. The lowest BCUT2D eigenvalue weighted by Gasteiger charge is -2.14. The standard InChI is InChI=1S/C14H16F4N2O3/c1-9(10-2-4-11(15)5-3-10)20-12(21)6-7-19-13(22)23-8-14(16,17)18/h2-5,9H,6-8H2,1H3,(H,19,22)(H,20,21). The third-order valence-corrected chi connectivity index (χ3v) is 2.74. The first-order valence-corrected chi connectivity index (χ1v) is 6.69. The second kappa shape index (κ2) is 8.35. The maximum atomic E-state index is 12.8. The summed E-state index contributed by atoms with van der Waals surface area (Å²) in [5.74, 6) is -0.813. The van der Waals surface area contributed by atoms with Crippen LogP contribution in [0.3, 0.4) is 0 Å². The van der Waals surface area contributed by atoms with E-state index in [1.807, 2.05) is 5.32 Å². The average molecular weight is 336 g/mol. The van der Waals surface area contributed by atoms with E-state index in [0.717, 1.165) is 0 Å². The van der Waals surface area contributed by atoms with Gasteiger partial charge < -0.3 is 15.4 Å². The number of ether oxygens (including phenoxy) is 1. The number of amides is 2. The lowest BCUT2D eigenvalue weighted by atomic mass is 10.1. The molecule has 0 aliphatic heterocycles. The van der Waals surface area contributed by atoms with Crippen LogP contribution in [0.15, 0.2) is 24.3 Å². The van der Waals surface area contributed by atoms with Gasteiger partial charge in [-0.05, 0) is 24.6 Å². The van der Waals surface area contributed by atoms with E-state index >= 15 is 0 Å². The van der Waals surface area contributed by atoms with Crippen LogP contribution in [0, 0.1) is 5.82 Å². The van der Waals surface area contributed by atoms with Crippen molar-refractivity contribution in [1.29, 1.82) is 0 Å². The number of hydrogen-bond donors (Lipinski definition) is 2. The number of nitrogens with one attached hydrogen (secondary N) is 2. The highest BCUT2D eigenvalue weighted by molar-refractivity contribution is 5.77. The normalized spacial score (nSPS) is 12.4. The molecule has 2 amide bonds. The van der Waals surface area contributed by atoms with Gasteiger partial charge in [0, 0.05) is 13.0 Å². The number of carbonyl (C=O) groups is 2. The molecule has 2 N–H and O–H groups in total. The summed E-state index contributed by atoms with van der Waals surface area (Å²) in [6.45, 7) is -0.165. The van der Waals surface area contributed by atoms with Gasteiger partial charge in [-0.3, -0.25) is 4.79 Å². The molecule has 0 saturated heterocycles. The van der Waals surface area contributed by atoms with Crippen molar-refractivity contribution in [3.8, 4) is 0 Å². The van der Waals surface area contributed by atoms with Gasteiger partial charge in [0.25, 0.3) is 0 Å². The van der Waals surface area contributed by atoms with E-state index in [1.165, 1.54) is 24.3 Å². The molecule has 0 aliphatic rings. The fourth-order valence-electron chi connectivity index (χ4n) is 1.62. The average Bonchev–Trinajstić information content (AvgIpc) is 2.45. The van der Waals surface area contributed by atoms with Crippen LogP contribution in [0.4, 0.5) is 22.4 Å². The molecule has 1 unspecified atom stereocenters. The summed E-state index contributed by atoms with van der Waals surface area (Å²) >= 11 is 0. The SMILES string of the molecule is CC(NC(=O)CCNC(=O)OCC(F)(F)F)c1ccc(F)cc1. The topological polar surface area (TPSA) is 67.4 Å². The summed E-state index contributed by atoms with van der Waals surface area (Å²) < 4.78 is 52.1. The number of alkyl carbamates (subject to hydrolysis) is 1. The second-order valence-corrected chi connectivity index (χ2v) is 4.71.